The molecule has 5 nitrogen and oxygen atoms in total. The quantitative estimate of drug-likeness (QED) is 0.682. The topological polar surface area (TPSA) is 40.1 Å². The zero-order valence-corrected chi connectivity index (χ0v) is 13.1. The maximum atomic E-state index is 12.5. The largest absolute Gasteiger partial charge is 0.433 e. The van der Waals surface area contributed by atoms with E-state index in [9.17, 15) is 8.78 Å². The van der Waals surface area contributed by atoms with Crippen LogP contribution in [0.5, 0.6) is 5.75 Å². The summed E-state index contributed by atoms with van der Waals surface area (Å²) in [7, 11) is 5.59. The molecule has 0 aromatic heterocycles. The third kappa shape index (κ3) is 3.99. The van der Waals surface area contributed by atoms with E-state index in [1.807, 2.05) is 25.1 Å². The van der Waals surface area contributed by atoms with Gasteiger partial charge in [0.15, 0.2) is 5.96 Å². The van der Waals surface area contributed by atoms with Gasteiger partial charge in [0.2, 0.25) is 0 Å². The van der Waals surface area contributed by atoms with E-state index >= 15 is 0 Å². The van der Waals surface area contributed by atoms with E-state index in [2.05, 4.69) is 19.9 Å². The molecule has 1 N–H and O–H groups in total. The van der Waals surface area contributed by atoms with Gasteiger partial charge < -0.3 is 19.9 Å². The molecular formula is C15H22F2N4O. The first-order chi connectivity index (χ1) is 10.5. The molecule has 1 heterocycles. The third-order valence-electron chi connectivity index (χ3n) is 3.58. The van der Waals surface area contributed by atoms with Crippen molar-refractivity contribution in [1.82, 2.24) is 10.2 Å². The summed E-state index contributed by atoms with van der Waals surface area (Å²) in [4.78, 5) is 8.16. The molecule has 122 valence electrons. The summed E-state index contributed by atoms with van der Waals surface area (Å²) >= 11 is 0. The van der Waals surface area contributed by atoms with Gasteiger partial charge in [-0.05, 0) is 18.6 Å². The summed E-state index contributed by atoms with van der Waals surface area (Å²) in [5.41, 5.74) is 0.701. The lowest BCUT2D eigenvalue weighted by Crippen LogP contribution is -2.43. The van der Waals surface area contributed by atoms with E-state index in [1.54, 1.807) is 25.2 Å². The molecule has 7 heteroatoms. The van der Waals surface area contributed by atoms with Crippen molar-refractivity contribution in [1.29, 1.82) is 0 Å². The van der Waals surface area contributed by atoms with Crippen molar-refractivity contribution in [2.75, 3.05) is 39.1 Å². The van der Waals surface area contributed by atoms with Crippen LogP contribution in [0.2, 0.25) is 0 Å². The highest BCUT2D eigenvalue weighted by Crippen LogP contribution is 2.31. The van der Waals surface area contributed by atoms with Gasteiger partial charge in [-0.1, -0.05) is 12.1 Å². The summed E-state index contributed by atoms with van der Waals surface area (Å²) in [6.07, 6.45) is 0.913. The average molecular weight is 312 g/mol. The summed E-state index contributed by atoms with van der Waals surface area (Å²) in [5.74, 6) is 1.03. The zero-order valence-electron chi connectivity index (χ0n) is 13.1. The van der Waals surface area contributed by atoms with Crippen LogP contribution in [0, 0.1) is 0 Å². The Morgan fingerprint density at radius 3 is 2.77 bits per heavy atom. The van der Waals surface area contributed by atoms with Crippen molar-refractivity contribution in [3.8, 4) is 5.75 Å². The van der Waals surface area contributed by atoms with Crippen LogP contribution in [-0.4, -0.2) is 57.7 Å². The Kier molecular flexibility index (Phi) is 5.41. The summed E-state index contributed by atoms with van der Waals surface area (Å²) < 4.78 is 29.6. The highest BCUT2D eigenvalue weighted by atomic mass is 19.3. The fourth-order valence-corrected chi connectivity index (χ4v) is 2.59. The van der Waals surface area contributed by atoms with Crippen LogP contribution in [0.15, 0.2) is 29.3 Å². The monoisotopic (exact) mass is 312 g/mol. The molecule has 1 aromatic rings. The first-order valence-electron chi connectivity index (χ1n) is 7.20. The maximum Gasteiger partial charge on any atom is 0.387 e. The van der Waals surface area contributed by atoms with Gasteiger partial charge in [-0.2, -0.15) is 8.78 Å². The summed E-state index contributed by atoms with van der Waals surface area (Å²) in [6, 6.07) is 7.12. The molecule has 0 aliphatic carbocycles. The maximum absolute atomic E-state index is 12.5. The minimum Gasteiger partial charge on any atom is -0.433 e. The molecule has 0 radical (unpaired) electrons. The molecule has 0 saturated carbocycles. The number of anilines is 1. The second-order valence-electron chi connectivity index (χ2n) is 5.36. The second kappa shape index (κ2) is 7.29. The minimum atomic E-state index is -2.81. The molecule has 0 bridgehead atoms. The molecule has 1 unspecified atom stereocenters. The number of alkyl halides is 2. The number of nitrogens with zero attached hydrogens (tertiary/aromatic N) is 3. The Morgan fingerprint density at radius 2 is 2.14 bits per heavy atom. The molecule has 1 atom stereocenters. The number of aliphatic imine (C=N–C) groups is 1. The van der Waals surface area contributed by atoms with Crippen LogP contribution >= 0.6 is 0 Å². The Morgan fingerprint density at radius 1 is 1.41 bits per heavy atom. The van der Waals surface area contributed by atoms with Crippen LogP contribution in [-0.2, 0) is 0 Å². The molecule has 1 aromatic carbocycles. The smallest absolute Gasteiger partial charge is 0.387 e. The summed E-state index contributed by atoms with van der Waals surface area (Å²) in [5, 5.41) is 3.37. The van der Waals surface area contributed by atoms with E-state index in [1.165, 1.54) is 0 Å². The fraction of sp³-hybridized carbons (Fsp3) is 0.533. The predicted molar refractivity (Wildman–Crippen MR) is 83.9 cm³/mol. The van der Waals surface area contributed by atoms with Crippen LogP contribution < -0.4 is 15.0 Å². The average Bonchev–Trinajstić information content (AvgIpc) is 2.92. The number of halogens is 2. The van der Waals surface area contributed by atoms with Crippen LogP contribution in [0.3, 0.4) is 0 Å². The van der Waals surface area contributed by atoms with Gasteiger partial charge in [0.1, 0.15) is 5.75 Å². The molecule has 1 saturated heterocycles. The molecule has 1 fully saturated rings. The number of hydrogen-bond acceptors (Lipinski definition) is 3. The molecule has 22 heavy (non-hydrogen) atoms. The Bertz CT molecular complexity index is 522. The lowest BCUT2D eigenvalue weighted by Gasteiger charge is -2.24. The number of nitrogens with one attached hydrogen (secondary N) is 1. The number of rotatable bonds is 4. The van der Waals surface area contributed by atoms with Crippen molar-refractivity contribution in [2.45, 2.75) is 19.1 Å². The van der Waals surface area contributed by atoms with Crippen molar-refractivity contribution < 1.29 is 13.5 Å². The highest BCUT2D eigenvalue weighted by molar-refractivity contribution is 5.79. The Labute approximate surface area is 129 Å². The lowest BCUT2D eigenvalue weighted by atomic mass is 10.2. The number of benzene rings is 1. The number of hydrogen-bond donors (Lipinski definition) is 1. The zero-order chi connectivity index (χ0) is 16.1. The van der Waals surface area contributed by atoms with Crippen LogP contribution in [0.1, 0.15) is 6.42 Å². The van der Waals surface area contributed by atoms with Crippen LogP contribution in [0.4, 0.5) is 14.5 Å². The Hall–Kier alpha value is -2.05. The standard InChI is InChI=1S/C15H22F2N4O/c1-18-15(20(2)3)19-11-8-9-21(10-11)12-6-4-5-7-13(12)22-14(16)17/h4-7,11,14H,8-10H2,1-3H3,(H,18,19). The first kappa shape index (κ1) is 16.3. The van der Waals surface area contributed by atoms with E-state index in [0.717, 1.165) is 25.5 Å². The van der Waals surface area contributed by atoms with Gasteiger partial charge in [-0.25, -0.2) is 0 Å². The lowest BCUT2D eigenvalue weighted by molar-refractivity contribution is -0.0495. The normalized spacial score (nSPS) is 18.7. The minimum absolute atomic E-state index is 0.218. The summed E-state index contributed by atoms with van der Waals surface area (Å²) in [6.45, 7) is -1.31. The van der Waals surface area contributed by atoms with Crippen LogP contribution in [0.25, 0.3) is 0 Å². The fourth-order valence-electron chi connectivity index (χ4n) is 2.59. The molecule has 1 aliphatic rings. The number of ether oxygens (including phenoxy) is 1. The first-order valence-corrected chi connectivity index (χ1v) is 7.20. The SMILES string of the molecule is CN=C(NC1CCN(c2ccccc2OC(F)F)C1)N(C)C. The molecule has 2 rings (SSSR count). The molecule has 0 spiro atoms. The van der Waals surface area contributed by atoms with E-state index in [-0.39, 0.29) is 11.8 Å². The van der Waals surface area contributed by atoms with Gasteiger partial charge in [0.25, 0.3) is 0 Å². The van der Waals surface area contributed by atoms with Gasteiger partial charge in [0.05, 0.1) is 5.69 Å². The predicted octanol–water partition coefficient (Wildman–Crippen LogP) is 2.00. The van der Waals surface area contributed by atoms with Crippen molar-refractivity contribution >= 4 is 11.6 Å². The van der Waals surface area contributed by atoms with E-state index in [4.69, 9.17) is 0 Å². The van der Waals surface area contributed by atoms with Gasteiger partial charge in [-0.3, -0.25) is 4.99 Å². The third-order valence-corrected chi connectivity index (χ3v) is 3.58. The number of para-hydroxylation sites is 2. The molecule has 0 amide bonds. The van der Waals surface area contributed by atoms with Gasteiger partial charge in [0, 0.05) is 40.3 Å². The van der Waals surface area contributed by atoms with Gasteiger partial charge >= 0.3 is 6.61 Å². The van der Waals surface area contributed by atoms with E-state index in [0.29, 0.717) is 5.69 Å². The van der Waals surface area contributed by atoms with Crippen molar-refractivity contribution in [2.24, 2.45) is 4.99 Å². The Balaban J connectivity index is 2.04. The van der Waals surface area contributed by atoms with E-state index < -0.39 is 6.61 Å². The number of guanidine groups is 1. The molecule has 1 aliphatic heterocycles. The second-order valence-corrected chi connectivity index (χ2v) is 5.36. The van der Waals surface area contributed by atoms with Crippen molar-refractivity contribution in [3.63, 3.8) is 0 Å². The molecular weight excluding hydrogens is 290 g/mol. The van der Waals surface area contributed by atoms with Crippen molar-refractivity contribution in [3.05, 3.63) is 24.3 Å². The van der Waals surface area contributed by atoms with Gasteiger partial charge in [-0.15, -0.1) is 0 Å². The highest BCUT2D eigenvalue weighted by Gasteiger charge is 2.26.